The topological polar surface area (TPSA) is 4.44 Å². The first-order chi connectivity index (χ1) is 6.84. The summed E-state index contributed by atoms with van der Waals surface area (Å²) in [5.74, 6) is 0. The third kappa shape index (κ3) is 4.64. The Morgan fingerprint density at radius 2 is 1.81 bits per heavy atom. The van der Waals surface area contributed by atoms with Gasteiger partial charge < -0.3 is 38.9 Å². The first-order valence-corrected chi connectivity index (χ1v) is 5.08. The summed E-state index contributed by atoms with van der Waals surface area (Å²) < 4.78 is 0. The zero-order valence-corrected chi connectivity index (χ0v) is 12.5. The molecule has 3 heteroatoms. The molecule has 0 amide bonds. The second-order valence-electron chi connectivity index (χ2n) is 3.81. The molecule has 1 heterocycles. The molecule has 1 unspecified atom stereocenters. The van der Waals surface area contributed by atoms with Crippen LogP contribution >= 0.6 is 0 Å². The lowest BCUT2D eigenvalue weighted by Gasteiger charge is -2.16. The van der Waals surface area contributed by atoms with E-state index in [1.807, 2.05) is 0 Å². The van der Waals surface area contributed by atoms with Gasteiger partial charge in [-0.05, 0) is 24.6 Å². The zero-order valence-electron chi connectivity index (χ0n) is 9.29. The molecule has 1 aliphatic rings. The molecule has 1 aromatic rings. The minimum absolute atomic E-state index is 0. The van der Waals surface area contributed by atoms with Crippen molar-refractivity contribution in [2.24, 2.45) is 0 Å². The van der Waals surface area contributed by atoms with E-state index < -0.39 is 0 Å². The second kappa shape index (κ2) is 7.82. The van der Waals surface area contributed by atoms with Crippen molar-refractivity contribution in [2.45, 2.75) is 13.5 Å². The van der Waals surface area contributed by atoms with E-state index in [1.54, 1.807) is 0 Å². The molecular weight excluding hydrogens is 330 g/mol. The molecule has 88 valence electrons. The highest BCUT2D eigenvalue weighted by atomic mass is 79.9. The number of hydrogen-bond acceptors (Lipinski definition) is 0. The van der Waals surface area contributed by atoms with E-state index in [2.05, 4.69) is 55.6 Å². The SMILES string of the molecule is CC1=CC[NH+](Cc2ccccc2)C=C1.[Br-].[Br-]. The van der Waals surface area contributed by atoms with Gasteiger partial charge in [0.25, 0.3) is 0 Å². The maximum absolute atomic E-state index is 2.29. The highest BCUT2D eigenvalue weighted by molar-refractivity contribution is 5.17. The summed E-state index contributed by atoms with van der Waals surface area (Å²) in [5, 5.41) is 0. The Labute approximate surface area is 118 Å². The normalized spacial score (nSPS) is 18.1. The summed E-state index contributed by atoms with van der Waals surface area (Å²) in [7, 11) is 0. The monoisotopic (exact) mass is 344 g/mol. The molecule has 1 nitrogen and oxygen atoms in total. The summed E-state index contributed by atoms with van der Waals surface area (Å²) >= 11 is 0. The van der Waals surface area contributed by atoms with Gasteiger partial charge in [0.1, 0.15) is 13.1 Å². The van der Waals surface area contributed by atoms with Gasteiger partial charge in [-0.2, -0.15) is 0 Å². The Kier molecular flexibility index (Phi) is 7.64. The first-order valence-electron chi connectivity index (χ1n) is 5.08. The Balaban J connectivity index is 0.00000112. The molecule has 0 saturated heterocycles. The lowest BCUT2D eigenvalue weighted by molar-refractivity contribution is -0.855. The van der Waals surface area contributed by atoms with Gasteiger partial charge in [0.2, 0.25) is 0 Å². The second-order valence-corrected chi connectivity index (χ2v) is 3.81. The quantitative estimate of drug-likeness (QED) is 0.552. The molecule has 1 atom stereocenters. The molecule has 0 bridgehead atoms. The van der Waals surface area contributed by atoms with Crippen LogP contribution < -0.4 is 38.9 Å². The van der Waals surface area contributed by atoms with Crippen LogP contribution in [0.3, 0.4) is 0 Å². The molecular formula is C13H16Br2N-. The van der Waals surface area contributed by atoms with E-state index in [-0.39, 0.29) is 34.0 Å². The Morgan fingerprint density at radius 1 is 1.12 bits per heavy atom. The van der Waals surface area contributed by atoms with Crippen LogP contribution in [0.2, 0.25) is 0 Å². The van der Waals surface area contributed by atoms with Gasteiger partial charge >= 0.3 is 0 Å². The minimum atomic E-state index is 0. The van der Waals surface area contributed by atoms with Crippen molar-refractivity contribution in [3.63, 3.8) is 0 Å². The number of allylic oxidation sites excluding steroid dienone is 2. The number of quaternary nitrogens is 1. The molecule has 0 fully saturated rings. The maximum Gasteiger partial charge on any atom is 0.107 e. The fourth-order valence-corrected chi connectivity index (χ4v) is 1.67. The van der Waals surface area contributed by atoms with Crippen molar-refractivity contribution in [1.29, 1.82) is 0 Å². The number of halogens is 2. The summed E-state index contributed by atoms with van der Waals surface area (Å²) in [6.07, 6.45) is 6.74. The van der Waals surface area contributed by atoms with Gasteiger partial charge in [0, 0.05) is 5.56 Å². The van der Waals surface area contributed by atoms with Gasteiger partial charge in [-0.1, -0.05) is 30.3 Å². The smallest absolute Gasteiger partial charge is 0.107 e. The Morgan fingerprint density at radius 3 is 2.38 bits per heavy atom. The molecule has 0 aliphatic carbocycles. The lowest BCUT2D eigenvalue weighted by Crippen LogP contribution is -3.06. The third-order valence-corrected chi connectivity index (χ3v) is 2.54. The predicted octanol–water partition coefficient (Wildman–Crippen LogP) is -4.45. The van der Waals surface area contributed by atoms with Crippen molar-refractivity contribution in [2.75, 3.05) is 6.54 Å². The average molecular weight is 346 g/mol. The summed E-state index contributed by atoms with van der Waals surface area (Å²) in [6.45, 7) is 4.34. The molecule has 0 saturated carbocycles. The lowest BCUT2D eigenvalue weighted by atomic mass is 10.2. The maximum atomic E-state index is 2.29. The van der Waals surface area contributed by atoms with Crippen LogP contribution in [0.4, 0.5) is 0 Å². The number of benzene rings is 1. The van der Waals surface area contributed by atoms with Gasteiger partial charge in [-0.25, -0.2) is 0 Å². The molecule has 0 aromatic heterocycles. The number of hydrogen-bond donors (Lipinski definition) is 1. The van der Waals surface area contributed by atoms with Crippen LogP contribution in [0.5, 0.6) is 0 Å². The van der Waals surface area contributed by atoms with E-state index in [4.69, 9.17) is 0 Å². The molecule has 1 N–H and O–H groups in total. The highest BCUT2D eigenvalue weighted by Crippen LogP contribution is 1.98. The van der Waals surface area contributed by atoms with E-state index >= 15 is 0 Å². The van der Waals surface area contributed by atoms with Crippen molar-refractivity contribution in [1.82, 2.24) is 0 Å². The first kappa shape index (κ1) is 15.6. The van der Waals surface area contributed by atoms with Crippen LogP contribution in [0.15, 0.2) is 54.3 Å². The van der Waals surface area contributed by atoms with Gasteiger partial charge in [0.05, 0.1) is 6.20 Å². The predicted molar refractivity (Wildman–Crippen MR) is 58.9 cm³/mol. The number of nitrogens with one attached hydrogen (secondary N) is 1. The largest absolute Gasteiger partial charge is 1.00 e. The van der Waals surface area contributed by atoms with Crippen LogP contribution in [-0.2, 0) is 6.54 Å². The van der Waals surface area contributed by atoms with E-state index in [1.165, 1.54) is 16.0 Å². The Bertz CT molecular complexity index is 357. The third-order valence-electron chi connectivity index (χ3n) is 2.54. The molecule has 16 heavy (non-hydrogen) atoms. The van der Waals surface area contributed by atoms with Crippen molar-refractivity contribution in [3.8, 4) is 0 Å². The summed E-state index contributed by atoms with van der Waals surface area (Å²) in [4.78, 5) is 1.50. The summed E-state index contributed by atoms with van der Waals surface area (Å²) in [5.41, 5.74) is 2.78. The van der Waals surface area contributed by atoms with Crippen LogP contribution in [0, 0.1) is 0 Å². The summed E-state index contributed by atoms with van der Waals surface area (Å²) in [6, 6.07) is 10.6. The van der Waals surface area contributed by atoms with E-state index in [0.717, 1.165) is 13.1 Å². The van der Waals surface area contributed by atoms with Crippen LogP contribution in [-0.4, -0.2) is 6.54 Å². The molecule has 1 aromatic carbocycles. The van der Waals surface area contributed by atoms with Crippen molar-refractivity contribution >= 4 is 0 Å². The Hall–Kier alpha value is -0.380. The fraction of sp³-hybridized carbons (Fsp3) is 0.231. The van der Waals surface area contributed by atoms with Crippen LogP contribution in [0.25, 0.3) is 0 Å². The number of rotatable bonds is 2. The van der Waals surface area contributed by atoms with E-state index in [9.17, 15) is 0 Å². The van der Waals surface area contributed by atoms with E-state index in [0.29, 0.717) is 0 Å². The standard InChI is InChI=1S/C13H15N.2BrH/c1-12-7-9-14(10-8-12)11-13-5-3-2-4-6-13;;/h2-9H,10-11H2,1H3;2*1H/p-1. The molecule has 1 aliphatic heterocycles. The van der Waals surface area contributed by atoms with Crippen molar-refractivity contribution < 1.29 is 38.9 Å². The molecule has 0 radical (unpaired) electrons. The zero-order chi connectivity index (χ0) is 9.80. The van der Waals surface area contributed by atoms with Crippen LogP contribution in [0.1, 0.15) is 12.5 Å². The highest BCUT2D eigenvalue weighted by Gasteiger charge is 2.07. The fourth-order valence-electron chi connectivity index (χ4n) is 1.67. The van der Waals surface area contributed by atoms with Crippen molar-refractivity contribution in [3.05, 3.63) is 59.8 Å². The average Bonchev–Trinajstić information content (AvgIpc) is 2.23. The van der Waals surface area contributed by atoms with Gasteiger partial charge in [-0.15, -0.1) is 0 Å². The minimum Gasteiger partial charge on any atom is -1.00 e. The van der Waals surface area contributed by atoms with Gasteiger partial charge in [-0.3, -0.25) is 0 Å². The molecule has 0 spiro atoms. The van der Waals surface area contributed by atoms with Gasteiger partial charge in [0.15, 0.2) is 0 Å². The molecule has 2 rings (SSSR count).